The molecule has 0 spiro atoms. The monoisotopic (exact) mass is 374 g/mol. The summed E-state index contributed by atoms with van der Waals surface area (Å²) in [6, 6.07) is 14.9. The second-order valence-electron chi connectivity index (χ2n) is 7.64. The van der Waals surface area contributed by atoms with E-state index < -0.39 is 0 Å². The number of fused-ring (bicyclic) bond motifs is 1. The van der Waals surface area contributed by atoms with Crippen LogP contribution in [-0.4, -0.2) is 51.9 Å². The maximum Gasteiger partial charge on any atom is 0.219 e. The van der Waals surface area contributed by atoms with E-state index in [2.05, 4.69) is 58.3 Å². The molecule has 1 aromatic heterocycles. The van der Waals surface area contributed by atoms with Gasteiger partial charge < -0.3 is 9.80 Å². The van der Waals surface area contributed by atoms with E-state index in [0.29, 0.717) is 12.6 Å². The van der Waals surface area contributed by atoms with Gasteiger partial charge in [0.05, 0.1) is 11.0 Å². The van der Waals surface area contributed by atoms with E-state index in [1.807, 2.05) is 11.0 Å². The van der Waals surface area contributed by atoms with Gasteiger partial charge in [-0.05, 0) is 67.9 Å². The van der Waals surface area contributed by atoms with E-state index in [1.54, 1.807) is 19.3 Å². The number of rotatable bonds is 4. The Morgan fingerprint density at radius 1 is 1.04 bits per heavy atom. The molecule has 1 amide bonds. The normalized spacial score (nSPS) is 15.6. The van der Waals surface area contributed by atoms with Crippen LogP contribution in [0.4, 0.5) is 0 Å². The molecule has 1 aliphatic heterocycles. The van der Waals surface area contributed by atoms with Gasteiger partial charge >= 0.3 is 0 Å². The third-order valence-electron chi connectivity index (χ3n) is 5.62. The second kappa shape index (κ2) is 8.07. The van der Waals surface area contributed by atoms with Crippen LogP contribution in [0.25, 0.3) is 22.2 Å². The molecule has 0 bridgehead atoms. The van der Waals surface area contributed by atoms with Gasteiger partial charge in [0.1, 0.15) is 0 Å². The number of carbonyl (C=O) groups is 1. The lowest BCUT2D eigenvalue weighted by Gasteiger charge is -2.37. The highest BCUT2D eigenvalue weighted by molar-refractivity contribution is 5.81. The van der Waals surface area contributed by atoms with Crippen LogP contribution in [-0.2, 0) is 11.3 Å². The number of aromatic nitrogens is 2. The Balaban J connectivity index is 1.57. The van der Waals surface area contributed by atoms with Gasteiger partial charge in [0, 0.05) is 31.9 Å². The molecule has 1 saturated heterocycles. The first-order chi connectivity index (χ1) is 13.6. The van der Waals surface area contributed by atoms with Crippen molar-refractivity contribution in [2.75, 3.05) is 20.1 Å². The zero-order chi connectivity index (χ0) is 19.5. The molecule has 0 aliphatic carbocycles. The zero-order valence-corrected chi connectivity index (χ0v) is 16.5. The number of hydrogen-bond donors (Lipinski definition) is 0. The molecular formula is C23H26N4O. The van der Waals surface area contributed by atoms with Crippen LogP contribution in [0, 0.1) is 0 Å². The first-order valence-corrected chi connectivity index (χ1v) is 9.86. The van der Waals surface area contributed by atoms with Crippen molar-refractivity contribution in [1.29, 1.82) is 0 Å². The van der Waals surface area contributed by atoms with Crippen LogP contribution in [0.1, 0.15) is 25.3 Å². The van der Waals surface area contributed by atoms with Crippen LogP contribution in [0.3, 0.4) is 0 Å². The number of hydrogen-bond acceptors (Lipinski definition) is 4. The van der Waals surface area contributed by atoms with E-state index in [-0.39, 0.29) is 5.91 Å². The van der Waals surface area contributed by atoms with Crippen LogP contribution in [0.15, 0.2) is 54.9 Å². The molecule has 1 aliphatic rings. The smallest absolute Gasteiger partial charge is 0.219 e. The Morgan fingerprint density at radius 2 is 1.75 bits per heavy atom. The lowest BCUT2D eigenvalue weighted by molar-refractivity contribution is -0.132. The van der Waals surface area contributed by atoms with Crippen LogP contribution < -0.4 is 0 Å². The molecule has 3 aromatic rings. The molecular weight excluding hydrogens is 348 g/mol. The molecule has 5 nitrogen and oxygen atoms in total. The Morgan fingerprint density at radius 3 is 2.50 bits per heavy atom. The predicted molar refractivity (Wildman–Crippen MR) is 112 cm³/mol. The molecule has 1 fully saturated rings. The first kappa shape index (κ1) is 18.6. The van der Waals surface area contributed by atoms with Gasteiger partial charge in [-0.25, -0.2) is 0 Å². The lowest BCUT2D eigenvalue weighted by Crippen LogP contribution is -2.45. The third-order valence-corrected chi connectivity index (χ3v) is 5.62. The summed E-state index contributed by atoms with van der Waals surface area (Å²) in [5, 5.41) is 0. The van der Waals surface area contributed by atoms with Gasteiger partial charge in [0.25, 0.3) is 0 Å². The molecule has 4 rings (SSSR count). The van der Waals surface area contributed by atoms with Crippen molar-refractivity contribution in [2.45, 2.75) is 32.4 Å². The maximum atomic E-state index is 12.3. The summed E-state index contributed by atoms with van der Waals surface area (Å²) < 4.78 is 0. The van der Waals surface area contributed by atoms with Crippen molar-refractivity contribution in [3.8, 4) is 11.1 Å². The second-order valence-corrected chi connectivity index (χ2v) is 7.64. The Hall–Kier alpha value is -2.79. The largest absolute Gasteiger partial charge is 0.336 e. The minimum Gasteiger partial charge on any atom is -0.336 e. The van der Waals surface area contributed by atoms with E-state index in [4.69, 9.17) is 0 Å². The first-order valence-electron chi connectivity index (χ1n) is 9.86. The quantitative estimate of drug-likeness (QED) is 0.698. The summed E-state index contributed by atoms with van der Waals surface area (Å²) in [6.07, 6.45) is 5.51. The van der Waals surface area contributed by atoms with Crippen LogP contribution in [0.2, 0.25) is 0 Å². The maximum absolute atomic E-state index is 12.3. The van der Waals surface area contributed by atoms with Crippen molar-refractivity contribution in [1.82, 2.24) is 19.8 Å². The molecule has 144 valence electrons. The molecule has 0 radical (unpaired) electrons. The zero-order valence-electron chi connectivity index (χ0n) is 16.5. The molecule has 5 heteroatoms. The van der Waals surface area contributed by atoms with E-state index in [9.17, 15) is 4.79 Å². The minimum absolute atomic E-state index is 0.154. The molecule has 0 saturated carbocycles. The fraction of sp³-hybridized carbons (Fsp3) is 0.348. The molecule has 0 unspecified atom stereocenters. The van der Waals surface area contributed by atoms with Crippen LogP contribution in [0.5, 0.6) is 0 Å². The van der Waals surface area contributed by atoms with Gasteiger partial charge in [-0.2, -0.15) is 0 Å². The van der Waals surface area contributed by atoms with Gasteiger partial charge in [-0.1, -0.05) is 24.3 Å². The van der Waals surface area contributed by atoms with Crippen molar-refractivity contribution >= 4 is 16.9 Å². The number of carbonyl (C=O) groups excluding carboxylic acids is 1. The highest BCUT2D eigenvalue weighted by Gasteiger charge is 2.25. The van der Waals surface area contributed by atoms with Gasteiger partial charge in [0.15, 0.2) is 0 Å². The molecule has 2 aromatic carbocycles. The summed E-state index contributed by atoms with van der Waals surface area (Å²) in [6.45, 7) is 4.44. The lowest BCUT2D eigenvalue weighted by atomic mass is 10.00. The molecule has 0 atom stereocenters. The van der Waals surface area contributed by atoms with Crippen molar-refractivity contribution < 1.29 is 4.79 Å². The van der Waals surface area contributed by atoms with Gasteiger partial charge in [-0.3, -0.25) is 14.8 Å². The fourth-order valence-electron chi connectivity index (χ4n) is 3.99. The molecule has 28 heavy (non-hydrogen) atoms. The van der Waals surface area contributed by atoms with Gasteiger partial charge in [-0.15, -0.1) is 0 Å². The summed E-state index contributed by atoms with van der Waals surface area (Å²) >= 11 is 0. The molecule has 2 heterocycles. The SMILES string of the molecule is CC(=O)N(Cc1cccc(-c2ccc3nccnc3c2)c1)C1CCN(C)CC1. The predicted octanol–water partition coefficient (Wildman–Crippen LogP) is 3.74. The number of nitrogens with zero attached hydrogens (tertiary/aromatic N) is 4. The summed E-state index contributed by atoms with van der Waals surface area (Å²) in [4.78, 5) is 25.4. The van der Waals surface area contributed by atoms with Crippen molar-refractivity contribution in [3.05, 3.63) is 60.4 Å². The number of amides is 1. The van der Waals surface area contributed by atoms with Crippen molar-refractivity contribution in [2.24, 2.45) is 0 Å². The van der Waals surface area contributed by atoms with Gasteiger partial charge in [0.2, 0.25) is 5.91 Å². The van der Waals surface area contributed by atoms with E-state index in [1.165, 1.54) is 0 Å². The summed E-state index contributed by atoms with van der Waals surface area (Å²) in [7, 11) is 2.14. The Labute approximate surface area is 166 Å². The minimum atomic E-state index is 0.154. The Kier molecular flexibility index (Phi) is 5.35. The van der Waals surface area contributed by atoms with Crippen LogP contribution >= 0.6 is 0 Å². The van der Waals surface area contributed by atoms with E-state index in [0.717, 1.165) is 53.7 Å². The fourth-order valence-corrected chi connectivity index (χ4v) is 3.99. The topological polar surface area (TPSA) is 49.3 Å². The average Bonchev–Trinajstić information content (AvgIpc) is 2.72. The standard InChI is InChI=1S/C23H26N4O/c1-17(28)27(21-8-12-26(2)13-9-21)16-18-4-3-5-19(14-18)20-6-7-22-23(15-20)25-11-10-24-22/h3-7,10-11,14-15,21H,8-9,12-13,16H2,1-2H3. The van der Waals surface area contributed by atoms with E-state index >= 15 is 0 Å². The summed E-state index contributed by atoms with van der Waals surface area (Å²) in [5.41, 5.74) is 5.20. The summed E-state index contributed by atoms with van der Waals surface area (Å²) in [5.74, 6) is 0.154. The number of piperidine rings is 1. The number of likely N-dealkylation sites (tertiary alicyclic amines) is 1. The highest BCUT2D eigenvalue weighted by Crippen LogP contribution is 2.25. The number of benzene rings is 2. The van der Waals surface area contributed by atoms with Crippen molar-refractivity contribution in [3.63, 3.8) is 0 Å². The molecule has 0 N–H and O–H groups in total. The highest BCUT2D eigenvalue weighted by atomic mass is 16.2. The average molecular weight is 374 g/mol. The third kappa shape index (κ3) is 4.04. The Bertz CT molecular complexity index is 979.